The number of amides is 3. The second kappa shape index (κ2) is 6.37. The fraction of sp³-hybridized carbons (Fsp3) is 0.737. The number of urea groups is 1. The number of carbonyl (C=O) groups is 2. The van der Waals surface area contributed by atoms with Gasteiger partial charge in [0.2, 0.25) is 0 Å². The summed E-state index contributed by atoms with van der Waals surface area (Å²) < 4.78 is 2.30. The molecule has 3 heterocycles. The lowest BCUT2D eigenvalue weighted by Gasteiger charge is -2.26. The molecule has 0 aromatic carbocycles. The molecule has 4 rings (SSSR count). The lowest BCUT2D eigenvalue weighted by molar-refractivity contribution is -0.130. The number of fused-ring (bicyclic) bond motifs is 1. The van der Waals surface area contributed by atoms with Crippen molar-refractivity contribution in [2.45, 2.75) is 64.0 Å². The number of imidazole rings is 1. The number of rotatable bonds is 4. The largest absolute Gasteiger partial charge is 0.334 e. The molecule has 2 aliphatic heterocycles. The van der Waals surface area contributed by atoms with Crippen LogP contribution in [-0.4, -0.2) is 56.5 Å². The highest BCUT2D eigenvalue weighted by molar-refractivity contribution is 6.06. The van der Waals surface area contributed by atoms with Crippen molar-refractivity contribution in [2.75, 3.05) is 19.6 Å². The molecule has 7 heteroatoms. The maximum Gasteiger partial charge on any atom is 0.325 e. The molecule has 1 aliphatic carbocycles. The predicted molar refractivity (Wildman–Crippen MR) is 97.7 cm³/mol. The highest BCUT2D eigenvalue weighted by atomic mass is 16.2. The van der Waals surface area contributed by atoms with E-state index in [0.29, 0.717) is 19.1 Å². The Bertz CT molecular complexity index is 739. The molecule has 1 atom stereocenters. The molecule has 1 N–H and O–H groups in total. The van der Waals surface area contributed by atoms with Gasteiger partial charge in [-0.2, -0.15) is 0 Å². The minimum atomic E-state index is -0.791. The summed E-state index contributed by atoms with van der Waals surface area (Å²) in [6.45, 7) is 5.65. The van der Waals surface area contributed by atoms with E-state index in [0.717, 1.165) is 38.1 Å². The highest BCUT2D eigenvalue weighted by Crippen LogP contribution is 2.33. The first-order chi connectivity index (χ1) is 12.4. The fourth-order valence-electron chi connectivity index (χ4n) is 4.64. The molecular weight excluding hydrogens is 330 g/mol. The molecule has 2 fully saturated rings. The van der Waals surface area contributed by atoms with Crippen LogP contribution in [0, 0.1) is 0 Å². The minimum Gasteiger partial charge on any atom is -0.334 e. The quantitative estimate of drug-likeness (QED) is 0.832. The summed E-state index contributed by atoms with van der Waals surface area (Å²) in [6.07, 6.45) is 6.93. The van der Waals surface area contributed by atoms with Gasteiger partial charge in [0.15, 0.2) is 0 Å². The summed E-state index contributed by atoms with van der Waals surface area (Å²) in [5.74, 6) is 1.03. The Labute approximate surface area is 154 Å². The van der Waals surface area contributed by atoms with Crippen LogP contribution in [0.5, 0.6) is 0 Å². The van der Waals surface area contributed by atoms with Crippen molar-refractivity contribution in [1.29, 1.82) is 0 Å². The van der Waals surface area contributed by atoms with Crippen LogP contribution in [0.2, 0.25) is 0 Å². The average Bonchev–Trinajstić information content (AvgIpc) is 3.23. The van der Waals surface area contributed by atoms with Gasteiger partial charge in [-0.15, -0.1) is 0 Å². The number of likely N-dealkylation sites (tertiary alicyclic amines) is 1. The molecule has 1 aromatic rings. The zero-order valence-corrected chi connectivity index (χ0v) is 16.0. The maximum atomic E-state index is 12.4. The number of nitrogens with one attached hydrogen (secondary N) is 1. The Balaban J connectivity index is 1.47. The summed E-state index contributed by atoms with van der Waals surface area (Å²) in [5.41, 5.74) is 1.88. The van der Waals surface area contributed by atoms with Crippen LogP contribution in [0.3, 0.4) is 0 Å². The summed E-state index contributed by atoms with van der Waals surface area (Å²) in [6, 6.07) is 0.0163. The van der Waals surface area contributed by atoms with Crippen molar-refractivity contribution in [3.05, 3.63) is 17.2 Å². The van der Waals surface area contributed by atoms with Gasteiger partial charge in [-0.3, -0.25) is 14.6 Å². The molecular formula is C19H29N5O2. The standard InChI is InChI=1S/C19H29N5O2/c1-19(2)17(25)24(18(26)21-19)12-11-23-10-6-9-15(23)16-20-13-7-4-5-8-14(13)22(16)3/h15H,4-12H2,1-3H3,(H,21,26)/t15-/m1/s1. The molecule has 0 spiro atoms. The Morgan fingerprint density at radius 3 is 2.62 bits per heavy atom. The van der Waals surface area contributed by atoms with Gasteiger partial charge in [-0.25, -0.2) is 9.78 Å². The van der Waals surface area contributed by atoms with E-state index in [1.54, 1.807) is 13.8 Å². The molecule has 0 radical (unpaired) electrons. The third-order valence-electron chi connectivity index (χ3n) is 6.13. The van der Waals surface area contributed by atoms with Crippen molar-refractivity contribution in [3.8, 4) is 0 Å². The molecule has 1 aromatic heterocycles. The SMILES string of the molecule is Cn1c([C@H]2CCCN2CCN2C(=O)NC(C)(C)C2=O)nc2c1CCCC2. The van der Waals surface area contributed by atoms with Crippen molar-refractivity contribution >= 4 is 11.9 Å². The monoisotopic (exact) mass is 359 g/mol. The van der Waals surface area contributed by atoms with E-state index >= 15 is 0 Å². The van der Waals surface area contributed by atoms with Crippen molar-refractivity contribution in [2.24, 2.45) is 7.05 Å². The summed E-state index contributed by atoms with van der Waals surface area (Å²) in [5, 5.41) is 2.76. The third kappa shape index (κ3) is 2.82. The maximum absolute atomic E-state index is 12.4. The molecule has 3 amide bonds. The predicted octanol–water partition coefficient (Wildman–Crippen LogP) is 1.77. The van der Waals surface area contributed by atoms with Crippen LogP contribution in [-0.2, 0) is 24.7 Å². The number of aromatic nitrogens is 2. The fourth-order valence-corrected chi connectivity index (χ4v) is 4.64. The van der Waals surface area contributed by atoms with Crippen LogP contribution in [0.25, 0.3) is 0 Å². The molecule has 3 aliphatic rings. The first-order valence-electron chi connectivity index (χ1n) is 9.81. The normalized spacial score (nSPS) is 25.7. The van der Waals surface area contributed by atoms with Gasteiger partial charge in [0.05, 0.1) is 11.7 Å². The summed E-state index contributed by atoms with van der Waals surface area (Å²) >= 11 is 0. The molecule has 142 valence electrons. The third-order valence-corrected chi connectivity index (χ3v) is 6.13. The smallest absolute Gasteiger partial charge is 0.325 e. The van der Waals surface area contributed by atoms with Crippen LogP contribution in [0.1, 0.15) is 62.8 Å². The summed E-state index contributed by atoms with van der Waals surface area (Å²) in [7, 11) is 2.14. The van der Waals surface area contributed by atoms with Gasteiger partial charge in [0.25, 0.3) is 5.91 Å². The zero-order chi connectivity index (χ0) is 18.5. The van der Waals surface area contributed by atoms with Gasteiger partial charge in [-0.05, 0) is 58.9 Å². The molecule has 0 unspecified atom stereocenters. The lowest BCUT2D eigenvalue weighted by atomic mass is 10.0. The second-order valence-corrected chi connectivity index (χ2v) is 8.34. The average molecular weight is 359 g/mol. The highest BCUT2D eigenvalue weighted by Gasteiger charge is 2.44. The molecule has 26 heavy (non-hydrogen) atoms. The zero-order valence-electron chi connectivity index (χ0n) is 16.0. The van der Waals surface area contributed by atoms with Gasteiger partial charge in [0, 0.05) is 25.8 Å². The Morgan fingerprint density at radius 1 is 1.15 bits per heavy atom. The van der Waals surface area contributed by atoms with Gasteiger partial charge >= 0.3 is 6.03 Å². The first kappa shape index (κ1) is 17.5. The van der Waals surface area contributed by atoms with Crippen molar-refractivity contribution in [3.63, 3.8) is 0 Å². The van der Waals surface area contributed by atoms with Gasteiger partial charge in [0.1, 0.15) is 11.4 Å². The Kier molecular flexibility index (Phi) is 4.29. The van der Waals surface area contributed by atoms with Crippen molar-refractivity contribution < 1.29 is 9.59 Å². The topological polar surface area (TPSA) is 70.5 Å². The number of imide groups is 1. The second-order valence-electron chi connectivity index (χ2n) is 8.34. The van der Waals surface area contributed by atoms with E-state index in [4.69, 9.17) is 4.98 Å². The molecule has 0 bridgehead atoms. The van der Waals surface area contributed by atoms with E-state index in [1.165, 1.54) is 29.1 Å². The Hall–Kier alpha value is -1.89. The van der Waals surface area contributed by atoms with Crippen molar-refractivity contribution in [1.82, 2.24) is 24.7 Å². The van der Waals surface area contributed by atoms with Crippen LogP contribution in [0.4, 0.5) is 4.79 Å². The van der Waals surface area contributed by atoms with E-state index in [-0.39, 0.29) is 11.9 Å². The number of hydrogen-bond donors (Lipinski definition) is 1. The van der Waals surface area contributed by atoms with Crippen LogP contribution >= 0.6 is 0 Å². The molecule has 2 saturated heterocycles. The first-order valence-corrected chi connectivity index (χ1v) is 9.81. The number of hydrogen-bond acceptors (Lipinski definition) is 4. The summed E-state index contributed by atoms with van der Waals surface area (Å²) in [4.78, 5) is 33.2. The lowest BCUT2D eigenvalue weighted by Crippen LogP contribution is -2.42. The Morgan fingerprint density at radius 2 is 1.92 bits per heavy atom. The van der Waals surface area contributed by atoms with Crippen LogP contribution in [0.15, 0.2) is 0 Å². The molecule has 0 saturated carbocycles. The van der Waals surface area contributed by atoms with Gasteiger partial charge < -0.3 is 9.88 Å². The number of carbonyl (C=O) groups excluding carboxylic acids is 2. The van der Waals surface area contributed by atoms with E-state index < -0.39 is 5.54 Å². The minimum absolute atomic E-state index is 0.134. The number of aryl methyl sites for hydroxylation is 1. The number of nitrogens with zero attached hydrogens (tertiary/aromatic N) is 4. The van der Waals surface area contributed by atoms with Crippen LogP contribution < -0.4 is 5.32 Å². The van der Waals surface area contributed by atoms with E-state index in [9.17, 15) is 9.59 Å². The molecule has 7 nitrogen and oxygen atoms in total. The van der Waals surface area contributed by atoms with Gasteiger partial charge in [-0.1, -0.05) is 0 Å². The van der Waals surface area contributed by atoms with E-state index in [1.807, 2.05) is 0 Å². The van der Waals surface area contributed by atoms with E-state index in [2.05, 4.69) is 21.8 Å².